The summed E-state index contributed by atoms with van der Waals surface area (Å²) in [6.07, 6.45) is 0. The van der Waals surface area contributed by atoms with Crippen LogP contribution in [0, 0.1) is 5.82 Å². The van der Waals surface area contributed by atoms with Crippen LogP contribution in [0.25, 0.3) is 0 Å². The monoisotopic (exact) mass is 363 g/mol. The fraction of sp³-hybridized carbons (Fsp3) is 0.286. The zero-order valence-corrected chi connectivity index (χ0v) is 13.7. The molecule has 9 heteroatoms. The zero-order valence-electron chi connectivity index (χ0n) is 12.2. The summed E-state index contributed by atoms with van der Waals surface area (Å²) in [4.78, 5) is 25.1. The van der Waals surface area contributed by atoms with Crippen LogP contribution in [0.3, 0.4) is 0 Å². The molecular weight excluding hydrogens is 352 g/mol. The molecule has 0 aromatic heterocycles. The van der Waals surface area contributed by atoms with Gasteiger partial charge in [-0.3, -0.25) is 0 Å². The third kappa shape index (κ3) is 3.26. The highest BCUT2D eigenvalue weighted by molar-refractivity contribution is 6.43. The van der Waals surface area contributed by atoms with Crippen molar-refractivity contribution in [3.05, 3.63) is 39.3 Å². The lowest BCUT2D eigenvalue weighted by Gasteiger charge is -2.32. The fourth-order valence-corrected chi connectivity index (χ4v) is 2.49. The first-order valence-corrected chi connectivity index (χ1v) is 7.06. The van der Waals surface area contributed by atoms with Crippen molar-refractivity contribution in [3.63, 3.8) is 0 Å². The molecule has 2 rings (SSSR count). The summed E-state index contributed by atoms with van der Waals surface area (Å²) in [7, 11) is 2.28. The minimum Gasteiger partial charge on any atom is -0.466 e. The number of halogens is 3. The standard InChI is InChI=1S/C14H12Cl2FNO5/c1-21-13(19)7-5-23-6-18(11(7)14(20)22-2)12-9(17)4-3-8(15)10(12)16/h3-4H,5-6H2,1-2H3. The molecule has 0 bridgehead atoms. The number of hydrogen-bond donors (Lipinski definition) is 0. The van der Waals surface area contributed by atoms with Crippen LogP contribution in [0.2, 0.25) is 10.0 Å². The topological polar surface area (TPSA) is 65.1 Å². The van der Waals surface area contributed by atoms with E-state index in [0.717, 1.165) is 25.2 Å². The average molecular weight is 364 g/mol. The first kappa shape index (κ1) is 17.5. The molecule has 0 fully saturated rings. The normalized spacial score (nSPS) is 14.7. The van der Waals surface area contributed by atoms with Gasteiger partial charge in [-0.05, 0) is 12.1 Å². The average Bonchev–Trinajstić information content (AvgIpc) is 2.56. The number of methoxy groups -OCH3 is 2. The Kier molecular flexibility index (Phi) is 5.46. The molecular formula is C14H12Cl2FNO5. The number of carbonyl (C=O) groups excluding carboxylic acids is 2. The molecule has 124 valence electrons. The van der Waals surface area contributed by atoms with E-state index in [1.54, 1.807) is 0 Å². The van der Waals surface area contributed by atoms with E-state index in [9.17, 15) is 14.0 Å². The van der Waals surface area contributed by atoms with E-state index in [1.807, 2.05) is 0 Å². The Balaban J connectivity index is 2.68. The van der Waals surface area contributed by atoms with Crippen LogP contribution in [0.1, 0.15) is 0 Å². The third-order valence-corrected chi connectivity index (χ3v) is 3.92. The van der Waals surface area contributed by atoms with Crippen molar-refractivity contribution in [2.24, 2.45) is 0 Å². The maximum Gasteiger partial charge on any atom is 0.355 e. The van der Waals surface area contributed by atoms with Crippen LogP contribution in [0.15, 0.2) is 23.4 Å². The lowest BCUT2D eigenvalue weighted by atomic mass is 10.1. The van der Waals surface area contributed by atoms with Gasteiger partial charge in [0.15, 0.2) is 0 Å². The lowest BCUT2D eigenvalue weighted by molar-refractivity contribution is -0.140. The Bertz CT molecular complexity index is 692. The van der Waals surface area contributed by atoms with Crippen molar-refractivity contribution in [1.82, 2.24) is 0 Å². The van der Waals surface area contributed by atoms with Gasteiger partial charge >= 0.3 is 11.9 Å². The van der Waals surface area contributed by atoms with E-state index >= 15 is 0 Å². The molecule has 0 saturated carbocycles. The van der Waals surface area contributed by atoms with Crippen molar-refractivity contribution >= 4 is 40.8 Å². The van der Waals surface area contributed by atoms with Gasteiger partial charge in [0.1, 0.15) is 18.2 Å². The van der Waals surface area contributed by atoms with Gasteiger partial charge in [0.25, 0.3) is 0 Å². The van der Waals surface area contributed by atoms with Gasteiger partial charge in [0, 0.05) is 0 Å². The summed E-state index contributed by atoms with van der Waals surface area (Å²) >= 11 is 11.9. The second kappa shape index (κ2) is 7.16. The molecule has 0 aliphatic carbocycles. The molecule has 1 aromatic rings. The van der Waals surface area contributed by atoms with Crippen molar-refractivity contribution < 1.29 is 28.2 Å². The molecule has 23 heavy (non-hydrogen) atoms. The number of anilines is 1. The van der Waals surface area contributed by atoms with Crippen molar-refractivity contribution in [3.8, 4) is 0 Å². The third-order valence-electron chi connectivity index (χ3n) is 3.12. The van der Waals surface area contributed by atoms with E-state index in [0.29, 0.717) is 0 Å². The summed E-state index contributed by atoms with van der Waals surface area (Å²) in [5, 5.41) is -0.0414. The molecule has 1 aromatic carbocycles. The van der Waals surface area contributed by atoms with Crippen LogP contribution in [-0.4, -0.2) is 39.5 Å². The number of rotatable bonds is 3. The molecule has 1 aliphatic heterocycles. The summed E-state index contributed by atoms with van der Waals surface area (Å²) < 4.78 is 28.8. The second-order valence-corrected chi connectivity index (χ2v) is 5.19. The van der Waals surface area contributed by atoms with Crippen molar-refractivity contribution in [2.45, 2.75) is 0 Å². The number of ether oxygens (including phenoxy) is 3. The highest BCUT2D eigenvalue weighted by Crippen LogP contribution is 2.38. The maximum absolute atomic E-state index is 14.2. The number of hydrogen-bond acceptors (Lipinski definition) is 6. The highest BCUT2D eigenvalue weighted by atomic mass is 35.5. The summed E-state index contributed by atoms with van der Waals surface area (Å²) in [5.41, 5.74) is -0.518. The molecule has 1 heterocycles. The molecule has 0 spiro atoms. The maximum atomic E-state index is 14.2. The molecule has 6 nitrogen and oxygen atoms in total. The van der Waals surface area contributed by atoms with Crippen molar-refractivity contribution in [1.29, 1.82) is 0 Å². The van der Waals surface area contributed by atoms with E-state index < -0.39 is 17.8 Å². The van der Waals surface area contributed by atoms with Gasteiger partial charge in [-0.1, -0.05) is 23.2 Å². The number of esters is 2. The van der Waals surface area contributed by atoms with E-state index in [-0.39, 0.29) is 40.3 Å². The Labute approximate surface area is 141 Å². The van der Waals surface area contributed by atoms with Gasteiger partial charge in [-0.15, -0.1) is 0 Å². The Morgan fingerprint density at radius 1 is 1.22 bits per heavy atom. The van der Waals surface area contributed by atoms with Crippen LogP contribution in [-0.2, 0) is 23.8 Å². The lowest BCUT2D eigenvalue weighted by Crippen LogP contribution is -2.39. The van der Waals surface area contributed by atoms with Gasteiger partial charge in [0.05, 0.1) is 42.1 Å². The predicted molar refractivity (Wildman–Crippen MR) is 80.8 cm³/mol. The van der Waals surface area contributed by atoms with E-state index in [4.69, 9.17) is 27.9 Å². The van der Waals surface area contributed by atoms with Crippen molar-refractivity contribution in [2.75, 3.05) is 32.5 Å². The number of benzene rings is 1. The largest absolute Gasteiger partial charge is 0.466 e. The molecule has 0 radical (unpaired) electrons. The molecule has 0 amide bonds. The zero-order chi connectivity index (χ0) is 17.1. The smallest absolute Gasteiger partial charge is 0.355 e. The molecule has 0 N–H and O–H groups in total. The SMILES string of the molecule is COC(=O)C1=C(C(=O)OC)N(c2c(F)ccc(Cl)c2Cl)COC1. The van der Waals surface area contributed by atoms with Crippen LogP contribution < -0.4 is 4.90 Å². The minimum atomic E-state index is -0.857. The molecule has 0 atom stereocenters. The summed E-state index contributed by atoms with van der Waals surface area (Å²) in [6, 6.07) is 2.36. The van der Waals surface area contributed by atoms with Gasteiger partial charge in [-0.2, -0.15) is 0 Å². The molecule has 1 aliphatic rings. The Hall–Kier alpha value is -1.83. The molecule has 0 saturated heterocycles. The van der Waals surface area contributed by atoms with Crippen LogP contribution >= 0.6 is 23.2 Å². The quantitative estimate of drug-likeness (QED) is 0.607. The summed E-state index contributed by atoms with van der Waals surface area (Å²) in [5.74, 6) is -2.40. The van der Waals surface area contributed by atoms with Gasteiger partial charge < -0.3 is 19.1 Å². The van der Waals surface area contributed by atoms with E-state index in [2.05, 4.69) is 9.47 Å². The van der Waals surface area contributed by atoms with Crippen LogP contribution in [0.4, 0.5) is 10.1 Å². The van der Waals surface area contributed by atoms with Gasteiger partial charge in [-0.25, -0.2) is 14.0 Å². The Morgan fingerprint density at radius 3 is 2.48 bits per heavy atom. The number of carbonyl (C=O) groups is 2. The van der Waals surface area contributed by atoms with Gasteiger partial charge in [0.2, 0.25) is 0 Å². The summed E-state index contributed by atoms with van der Waals surface area (Å²) in [6.45, 7) is -0.407. The second-order valence-electron chi connectivity index (χ2n) is 4.41. The number of nitrogens with zero attached hydrogens (tertiary/aromatic N) is 1. The fourth-order valence-electron chi connectivity index (χ4n) is 2.08. The minimum absolute atomic E-state index is 0.0810. The van der Waals surface area contributed by atoms with Crippen LogP contribution in [0.5, 0.6) is 0 Å². The first-order valence-electron chi connectivity index (χ1n) is 6.30. The highest BCUT2D eigenvalue weighted by Gasteiger charge is 2.34. The first-order chi connectivity index (χ1) is 10.9. The van der Waals surface area contributed by atoms with E-state index in [1.165, 1.54) is 6.07 Å². The Morgan fingerprint density at radius 2 is 1.87 bits per heavy atom. The molecule has 0 unspecified atom stereocenters. The predicted octanol–water partition coefficient (Wildman–Crippen LogP) is 2.53.